The van der Waals surface area contributed by atoms with E-state index in [1.54, 1.807) is 0 Å². The second-order valence-electron chi connectivity index (χ2n) is 5.79. The summed E-state index contributed by atoms with van der Waals surface area (Å²) >= 11 is 0. The van der Waals surface area contributed by atoms with E-state index in [0.29, 0.717) is 13.0 Å². The number of hydrogen-bond donors (Lipinski definition) is 2. The molecular formula is C14H24N2O2. The number of primary amides is 1. The summed E-state index contributed by atoms with van der Waals surface area (Å²) in [4.78, 5) is 13.3. The van der Waals surface area contributed by atoms with Gasteiger partial charge >= 0.3 is 0 Å². The predicted octanol–water partition coefficient (Wildman–Crippen LogP) is 1.19. The normalized spacial score (nSPS) is 29.9. The van der Waals surface area contributed by atoms with Gasteiger partial charge in [-0.1, -0.05) is 11.6 Å². The van der Waals surface area contributed by atoms with Gasteiger partial charge in [0.1, 0.15) is 0 Å². The lowest BCUT2D eigenvalue weighted by Crippen LogP contribution is -2.50. The van der Waals surface area contributed by atoms with Crippen LogP contribution in [0.3, 0.4) is 0 Å². The SMILES string of the molecule is NC(=O)CC1(O)CCCN(CC2=CCCCC2)C1. The molecule has 0 aromatic carbocycles. The Hall–Kier alpha value is -0.870. The van der Waals surface area contributed by atoms with Crippen molar-refractivity contribution < 1.29 is 9.90 Å². The number of allylic oxidation sites excluding steroid dienone is 1. The summed E-state index contributed by atoms with van der Waals surface area (Å²) in [6, 6.07) is 0. The van der Waals surface area contributed by atoms with Crippen LogP contribution in [-0.2, 0) is 4.79 Å². The zero-order valence-electron chi connectivity index (χ0n) is 11.0. The van der Waals surface area contributed by atoms with Crippen molar-refractivity contribution in [1.82, 2.24) is 4.90 Å². The fourth-order valence-corrected chi connectivity index (χ4v) is 3.15. The molecule has 1 aliphatic carbocycles. The summed E-state index contributed by atoms with van der Waals surface area (Å²) in [5.74, 6) is -0.406. The lowest BCUT2D eigenvalue weighted by molar-refractivity contribution is -0.125. The molecule has 2 rings (SSSR count). The fraction of sp³-hybridized carbons (Fsp3) is 0.786. The van der Waals surface area contributed by atoms with Gasteiger partial charge in [0.2, 0.25) is 5.91 Å². The van der Waals surface area contributed by atoms with E-state index in [1.165, 1.54) is 31.3 Å². The van der Waals surface area contributed by atoms with Crippen LogP contribution in [0.4, 0.5) is 0 Å². The molecule has 0 bridgehead atoms. The Morgan fingerprint density at radius 1 is 1.44 bits per heavy atom. The molecular weight excluding hydrogens is 228 g/mol. The van der Waals surface area contributed by atoms with Crippen molar-refractivity contribution in [3.05, 3.63) is 11.6 Å². The average Bonchev–Trinajstić information content (AvgIpc) is 2.28. The van der Waals surface area contributed by atoms with Gasteiger partial charge in [0.05, 0.1) is 12.0 Å². The molecule has 2 aliphatic rings. The Morgan fingerprint density at radius 3 is 2.94 bits per heavy atom. The third-order valence-electron chi connectivity index (χ3n) is 3.95. The Labute approximate surface area is 109 Å². The van der Waals surface area contributed by atoms with Crippen LogP contribution in [0.25, 0.3) is 0 Å². The molecule has 1 amide bonds. The van der Waals surface area contributed by atoms with Crippen LogP contribution in [-0.4, -0.2) is 41.1 Å². The molecule has 4 heteroatoms. The van der Waals surface area contributed by atoms with Crippen molar-refractivity contribution in [1.29, 1.82) is 0 Å². The third-order valence-corrected chi connectivity index (χ3v) is 3.95. The molecule has 0 aromatic heterocycles. The molecule has 0 saturated carbocycles. The van der Waals surface area contributed by atoms with Crippen molar-refractivity contribution in [2.45, 2.75) is 50.5 Å². The van der Waals surface area contributed by atoms with Gasteiger partial charge in [-0.15, -0.1) is 0 Å². The molecule has 1 saturated heterocycles. The molecule has 4 nitrogen and oxygen atoms in total. The Kier molecular flexibility index (Phi) is 4.40. The van der Waals surface area contributed by atoms with Gasteiger partial charge in [-0.25, -0.2) is 0 Å². The number of hydrogen-bond acceptors (Lipinski definition) is 3. The lowest BCUT2D eigenvalue weighted by atomic mass is 9.88. The number of carbonyl (C=O) groups is 1. The first-order valence-electron chi connectivity index (χ1n) is 6.98. The quantitative estimate of drug-likeness (QED) is 0.739. The highest BCUT2D eigenvalue weighted by atomic mass is 16.3. The van der Waals surface area contributed by atoms with Gasteiger partial charge in [-0.3, -0.25) is 9.69 Å². The summed E-state index contributed by atoms with van der Waals surface area (Å²) in [5, 5.41) is 10.4. The Bertz CT molecular complexity index is 341. The molecule has 0 spiro atoms. The van der Waals surface area contributed by atoms with Crippen molar-refractivity contribution in [2.24, 2.45) is 5.73 Å². The van der Waals surface area contributed by atoms with Crippen LogP contribution in [0.1, 0.15) is 44.9 Å². The molecule has 1 fully saturated rings. The molecule has 1 aliphatic heterocycles. The number of nitrogens with two attached hydrogens (primary N) is 1. The van der Waals surface area contributed by atoms with E-state index in [2.05, 4.69) is 11.0 Å². The fourth-order valence-electron chi connectivity index (χ4n) is 3.15. The van der Waals surface area contributed by atoms with E-state index in [-0.39, 0.29) is 6.42 Å². The van der Waals surface area contributed by atoms with E-state index < -0.39 is 11.5 Å². The number of β-amino-alcohol motifs (C(OH)–C–C–N with tert-alkyl or cyclic N) is 1. The van der Waals surface area contributed by atoms with Gasteiger partial charge in [-0.05, 0) is 45.1 Å². The summed E-state index contributed by atoms with van der Waals surface area (Å²) < 4.78 is 0. The number of carbonyl (C=O) groups excluding carboxylic acids is 1. The molecule has 18 heavy (non-hydrogen) atoms. The Morgan fingerprint density at radius 2 is 2.28 bits per heavy atom. The monoisotopic (exact) mass is 252 g/mol. The number of nitrogens with zero attached hydrogens (tertiary/aromatic N) is 1. The van der Waals surface area contributed by atoms with E-state index in [4.69, 9.17) is 5.73 Å². The predicted molar refractivity (Wildman–Crippen MR) is 71.0 cm³/mol. The van der Waals surface area contributed by atoms with E-state index in [0.717, 1.165) is 19.5 Å². The minimum absolute atomic E-state index is 0.0859. The van der Waals surface area contributed by atoms with Gasteiger partial charge in [-0.2, -0.15) is 0 Å². The van der Waals surface area contributed by atoms with Crippen molar-refractivity contribution >= 4 is 5.91 Å². The number of piperidine rings is 1. The smallest absolute Gasteiger partial charge is 0.220 e. The number of aliphatic hydroxyl groups is 1. The van der Waals surface area contributed by atoms with Crippen LogP contribution >= 0.6 is 0 Å². The molecule has 0 aromatic rings. The minimum atomic E-state index is -0.903. The summed E-state index contributed by atoms with van der Waals surface area (Å²) in [6.45, 7) is 2.53. The molecule has 1 atom stereocenters. The first-order valence-corrected chi connectivity index (χ1v) is 6.98. The maximum Gasteiger partial charge on any atom is 0.220 e. The lowest BCUT2D eigenvalue weighted by Gasteiger charge is -2.39. The summed E-state index contributed by atoms with van der Waals surface area (Å²) in [6.07, 6.45) is 9.01. The molecule has 1 heterocycles. The number of likely N-dealkylation sites (tertiary alicyclic amines) is 1. The second kappa shape index (κ2) is 5.85. The van der Waals surface area contributed by atoms with Crippen molar-refractivity contribution in [3.63, 3.8) is 0 Å². The Balaban J connectivity index is 1.89. The molecule has 3 N–H and O–H groups in total. The summed E-state index contributed by atoms with van der Waals surface area (Å²) in [5.41, 5.74) is 5.80. The zero-order valence-corrected chi connectivity index (χ0v) is 11.0. The molecule has 1 unspecified atom stereocenters. The number of rotatable bonds is 4. The zero-order chi connectivity index (χ0) is 13.0. The van der Waals surface area contributed by atoms with Crippen LogP contribution in [0.2, 0.25) is 0 Å². The first-order chi connectivity index (χ1) is 8.57. The molecule has 0 radical (unpaired) electrons. The maximum atomic E-state index is 11.0. The molecule has 102 valence electrons. The van der Waals surface area contributed by atoms with Crippen LogP contribution in [0.15, 0.2) is 11.6 Å². The highest BCUT2D eigenvalue weighted by molar-refractivity contribution is 5.75. The highest BCUT2D eigenvalue weighted by Gasteiger charge is 2.34. The van der Waals surface area contributed by atoms with Gasteiger partial charge in [0.15, 0.2) is 0 Å². The van der Waals surface area contributed by atoms with E-state index in [9.17, 15) is 9.90 Å². The number of amides is 1. The van der Waals surface area contributed by atoms with Gasteiger partial charge in [0.25, 0.3) is 0 Å². The minimum Gasteiger partial charge on any atom is -0.388 e. The van der Waals surface area contributed by atoms with Crippen LogP contribution in [0.5, 0.6) is 0 Å². The second-order valence-corrected chi connectivity index (χ2v) is 5.79. The van der Waals surface area contributed by atoms with Crippen LogP contribution < -0.4 is 5.73 Å². The van der Waals surface area contributed by atoms with Crippen molar-refractivity contribution in [3.8, 4) is 0 Å². The largest absolute Gasteiger partial charge is 0.388 e. The van der Waals surface area contributed by atoms with Gasteiger partial charge in [0, 0.05) is 13.1 Å². The average molecular weight is 252 g/mol. The van der Waals surface area contributed by atoms with Crippen molar-refractivity contribution in [2.75, 3.05) is 19.6 Å². The van der Waals surface area contributed by atoms with E-state index >= 15 is 0 Å². The maximum absolute atomic E-state index is 11.0. The van der Waals surface area contributed by atoms with E-state index in [1.807, 2.05) is 0 Å². The van der Waals surface area contributed by atoms with Gasteiger partial charge < -0.3 is 10.8 Å². The van der Waals surface area contributed by atoms with Crippen LogP contribution in [0, 0.1) is 0 Å². The first kappa shape index (κ1) is 13.6. The topological polar surface area (TPSA) is 66.6 Å². The highest BCUT2D eigenvalue weighted by Crippen LogP contribution is 2.26. The standard InChI is InChI=1S/C14H24N2O2/c15-13(17)9-14(18)7-4-8-16(11-14)10-12-5-2-1-3-6-12/h5,18H,1-4,6-11H2,(H2,15,17). The third kappa shape index (κ3) is 3.82. The summed E-state index contributed by atoms with van der Waals surface area (Å²) in [7, 11) is 0.